The molecule has 0 spiro atoms. The number of urea groups is 1. The first kappa shape index (κ1) is 15.6. The van der Waals surface area contributed by atoms with Crippen molar-refractivity contribution in [2.24, 2.45) is 5.92 Å². The molecular formula is C15H19ClN4O. The van der Waals surface area contributed by atoms with Gasteiger partial charge in [-0.25, -0.2) is 9.80 Å². The Morgan fingerprint density at radius 3 is 2.86 bits per heavy atom. The first-order valence-electron chi connectivity index (χ1n) is 7.05. The number of carbonyl (C=O) groups is 1. The number of hydrazine groups is 1. The lowest BCUT2D eigenvalue weighted by molar-refractivity contribution is 0.125. The number of hydrogen-bond acceptors (Lipinski definition) is 3. The Balaban J connectivity index is 2.02. The van der Waals surface area contributed by atoms with E-state index in [0.29, 0.717) is 18.0 Å². The molecule has 1 aromatic rings. The van der Waals surface area contributed by atoms with Gasteiger partial charge in [0.2, 0.25) is 0 Å². The summed E-state index contributed by atoms with van der Waals surface area (Å²) < 4.78 is 0. The summed E-state index contributed by atoms with van der Waals surface area (Å²) in [4.78, 5) is 16.7. The molecule has 1 aromatic carbocycles. The molecule has 1 heterocycles. The molecule has 0 saturated carbocycles. The standard InChI is InChI=1S/C15H19ClN4O/c1-12-5-7-19(8-6-12)15(21)20(18-16)11-14-4-2-3-13(9-14)10-17/h2-4,9,12,18H,5-8,11H2,1H3. The number of halogens is 1. The summed E-state index contributed by atoms with van der Waals surface area (Å²) in [5.74, 6) is 0.666. The smallest absolute Gasteiger partial charge is 0.323 e. The van der Waals surface area contributed by atoms with Crippen molar-refractivity contribution in [1.82, 2.24) is 14.9 Å². The number of benzene rings is 1. The van der Waals surface area contributed by atoms with E-state index in [2.05, 4.69) is 17.9 Å². The molecule has 1 aliphatic heterocycles. The third kappa shape index (κ3) is 4.10. The second-order valence-electron chi connectivity index (χ2n) is 5.43. The van der Waals surface area contributed by atoms with Crippen LogP contribution in [0.15, 0.2) is 24.3 Å². The van der Waals surface area contributed by atoms with Crippen LogP contribution >= 0.6 is 11.8 Å². The van der Waals surface area contributed by atoms with Gasteiger partial charge in [0.25, 0.3) is 0 Å². The van der Waals surface area contributed by atoms with Crippen LogP contribution < -0.4 is 4.94 Å². The van der Waals surface area contributed by atoms with Crippen molar-refractivity contribution in [2.75, 3.05) is 13.1 Å². The summed E-state index contributed by atoms with van der Waals surface area (Å²) in [6, 6.07) is 9.12. The Bertz CT molecular complexity index is 535. The van der Waals surface area contributed by atoms with Crippen LogP contribution in [0.4, 0.5) is 4.79 Å². The average Bonchev–Trinajstić information content (AvgIpc) is 2.53. The Morgan fingerprint density at radius 2 is 2.24 bits per heavy atom. The van der Waals surface area contributed by atoms with Gasteiger partial charge in [0, 0.05) is 13.1 Å². The Hall–Kier alpha value is -1.77. The molecule has 21 heavy (non-hydrogen) atoms. The van der Waals surface area contributed by atoms with E-state index in [4.69, 9.17) is 17.0 Å². The molecule has 0 aromatic heterocycles. The highest BCUT2D eigenvalue weighted by Gasteiger charge is 2.24. The molecule has 112 valence electrons. The molecular weight excluding hydrogens is 288 g/mol. The summed E-state index contributed by atoms with van der Waals surface area (Å²) in [7, 11) is 0. The first-order valence-corrected chi connectivity index (χ1v) is 7.43. The molecule has 1 fully saturated rings. The van der Waals surface area contributed by atoms with Gasteiger partial charge in [-0.1, -0.05) is 19.1 Å². The number of likely N-dealkylation sites (tertiary alicyclic amines) is 1. The van der Waals surface area contributed by atoms with Crippen molar-refractivity contribution in [3.63, 3.8) is 0 Å². The van der Waals surface area contributed by atoms with Gasteiger partial charge in [0.1, 0.15) is 0 Å². The maximum absolute atomic E-state index is 12.4. The van der Waals surface area contributed by atoms with Gasteiger partial charge in [-0.3, -0.25) is 0 Å². The number of nitrogens with one attached hydrogen (secondary N) is 1. The van der Waals surface area contributed by atoms with E-state index >= 15 is 0 Å². The van der Waals surface area contributed by atoms with Crippen LogP contribution in [0.25, 0.3) is 0 Å². The fourth-order valence-electron chi connectivity index (χ4n) is 2.43. The maximum atomic E-state index is 12.4. The van der Waals surface area contributed by atoms with Gasteiger partial charge in [-0.05, 0) is 48.2 Å². The second kappa shape index (κ2) is 7.30. The summed E-state index contributed by atoms with van der Waals surface area (Å²) in [6.45, 7) is 4.04. The minimum atomic E-state index is -0.126. The Labute approximate surface area is 130 Å². The third-order valence-electron chi connectivity index (χ3n) is 3.78. The van der Waals surface area contributed by atoms with Crippen molar-refractivity contribution in [2.45, 2.75) is 26.3 Å². The average molecular weight is 307 g/mol. The van der Waals surface area contributed by atoms with Crippen molar-refractivity contribution in [3.8, 4) is 6.07 Å². The van der Waals surface area contributed by atoms with E-state index in [1.807, 2.05) is 11.0 Å². The predicted molar refractivity (Wildman–Crippen MR) is 81.1 cm³/mol. The van der Waals surface area contributed by atoms with Crippen molar-refractivity contribution < 1.29 is 4.79 Å². The number of nitrogens with zero attached hydrogens (tertiary/aromatic N) is 3. The fourth-order valence-corrected chi connectivity index (χ4v) is 2.56. The van der Waals surface area contributed by atoms with Crippen LogP contribution in [0, 0.1) is 17.2 Å². The topological polar surface area (TPSA) is 59.4 Å². The number of piperidine rings is 1. The summed E-state index contributed by atoms with van der Waals surface area (Å²) in [6.07, 6.45) is 2.04. The van der Waals surface area contributed by atoms with Crippen LogP contribution in [0.1, 0.15) is 30.9 Å². The zero-order valence-corrected chi connectivity index (χ0v) is 12.8. The number of hydrogen-bond donors (Lipinski definition) is 1. The van der Waals surface area contributed by atoms with Crippen LogP contribution in [0.2, 0.25) is 0 Å². The minimum absolute atomic E-state index is 0.126. The molecule has 1 saturated heterocycles. The lowest BCUT2D eigenvalue weighted by atomic mass is 10.00. The quantitative estimate of drug-likeness (QED) is 0.690. The van der Waals surface area contributed by atoms with Crippen LogP contribution in [-0.2, 0) is 6.54 Å². The highest BCUT2D eigenvalue weighted by atomic mass is 35.5. The third-order valence-corrected chi connectivity index (χ3v) is 3.99. The molecule has 2 amide bonds. The van der Waals surface area contributed by atoms with Gasteiger partial charge >= 0.3 is 6.03 Å². The van der Waals surface area contributed by atoms with Crippen LogP contribution in [-0.4, -0.2) is 29.0 Å². The molecule has 6 heteroatoms. The zero-order chi connectivity index (χ0) is 15.2. The highest BCUT2D eigenvalue weighted by molar-refractivity contribution is 6.13. The van der Waals surface area contributed by atoms with Gasteiger partial charge in [-0.15, -0.1) is 4.94 Å². The van der Waals surface area contributed by atoms with Crippen molar-refractivity contribution in [1.29, 1.82) is 5.26 Å². The normalized spacial score (nSPS) is 15.6. The van der Waals surface area contributed by atoms with Gasteiger partial charge < -0.3 is 4.90 Å². The lowest BCUT2D eigenvalue weighted by Gasteiger charge is -2.33. The van der Waals surface area contributed by atoms with Gasteiger partial charge in [0.15, 0.2) is 0 Å². The second-order valence-corrected chi connectivity index (χ2v) is 5.60. The largest absolute Gasteiger partial charge is 0.335 e. The molecule has 0 radical (unpaired) electrons. The predicted octanol–water partition coefficient (Wildman–Crippen LogP) is 2.87. The first-order chi connectivity index (χ1) is 10.1. The maximum Gasteiger partial charge on any atom is 0.335 e. The van der Waals surface area contributed by atoms with E-state index in [0.717, 1.165) is 31.5 Å². The lowest BCUT2D eigenvalue weighted by Crippen LogP contribution is -2.49. The molecule has 0 bridgehead atoms. The molecule has 1 N–H and O–H groups in total. The van der Waals surface area contributed by atoms with Gasteiger partial charge in [-0.2, -0.15) is 5.26 Å². The number of amides is 2. The van der Waals surface area contributed by atoms with E-state index in [1.54, 1.807) is 18.2 Å². The zero-order valence-electron chi connectivity index (χ0n) is 12.1. The van der Waals surface area contributed by atoms with E-state index in [1.165, 1.54) is 5.01 Å². The molecule has 2 rings (SSSR count). The SMILES string of the molecule is CC1CCN(C(=O)N(Cc2cccc(C#N)c2)NCl)CC1. The molecule has 0 aliphatic carbocycles. The number of carbonyl (C=O) groups excluding carboxylic acids is 1. The summed E-state index contributed by atoms with van der Waals surface area (Å²) >= 11 is 5.70. The monoisotopic (exact) mass is 306 g/mol. The van der Waals surface area contributed by atoms with E-state index in [-0.39, 0.29) is 6.03 Å². The summed E-state index contributed by atoms with van der Waals surface area (Å²) in [5.41, 5.74) is 1.43. The summed E-state index contributed by atoms with van der Waals surface area (Å²) in [5, 5.41) is 10.3. The molecule has 0 atom stereocenters. The fraction of sp³-hybridized carbons (Fsp3) is 0.467. The van der Waals surface area contributed by atoms with E-state index < -0.39 is 0 Å². The van der Waals surface area contributed by atoms with E-state index in [9.17, 15) is 4.79 Å². The molecule has 5 nitrogen and oxygen atoms in total. The van der Waals surface area contributed by atoms with Crippen molar-refractivity contribution in [3.05, 3.63) is 35.4 Å². The van der Waals surface area contributed by atoms with Crippen LogP contribution in [0.5, 0.6) is 0 Å². The minimum Gasteiger partial charge on any atom is -0.323 e. The molecule has 1 aliphatic rings. The van der Waals surface area contributed by atoms with Gasteiger partial charge in [0.05, 0.1) is 18.2 Å². The Morgan fingerprint density at radius 1 is 1.52 bits per heavy atom. The number of nitriles is 1. The Kier molecular flexibility index (Phi) is 5.43. The number of rotatable bonds is 3. The highest BCUT2D eigenvalue weighted by Crippen LogP contribution is 2.18. The van der Waals surface area contributed by atoms with Crippen molar-refractivity contribution >= 4 is 17.8 Å². The van der Waals surface area contributed by atoms with Crippen LogP contribution in [0.3, 0.4) is 0 Å². The molecule has 0 unspecified atom stereocenters.